The number of nitrogens with two attached hydrogens (primary N) is 1. The first-order valence-electron chi connectivity index (χ1n) is 2.13. The molecule has 0 aliphatic heterocycles. The molecule has 0 aromatic carbocycles. The molecular formula is C3H4N4O2. The van der Waals surface area contributed by atoms with Crippen molar-refractivity contribution < 1.29 is 0 Å². The van der Waals surface area contributed by atoms with E-state index in [1.54, 1.807) is 0 Å². The summed E-state index contributed by atoms with van der Waals surface area (Å²) in [7, 11) is 0. The molecule has 1 heterocycles. The number of hydrogen-bond acceptors (Lipinski definition) is 4. The van der Waals surface area contributed by atoms with E-state index >= 15 is 0 Å². The van der Waals surface area contributed by atoms with Crippen LogP contribution < -0.4 is 17.2 Å². The van der Waals surface area contributed by atoms with Crippen LogP contribution >= 0.6 is 0 Å². The smallest absolute Gasteiger partial charge is 0.331 e. The quantitative estimate of drug-likeness (QED) is 0.382. The van der Waals surface area contributed by atoms with Crippen LogP contribution in [0.2, 0.25) is 0 Å². The molecule has 1 aromatic heterocycles. The fourth-order valence-corrected chi connectivity index (χ4v) is 0.361. The first kappa shape index (κ1) is 5.54. The Kier molecular flexibility index (Phi) is 1.07. The highest BCUT2D eigenvalue weighted by Gasteiger charge is 1.90. The molecule has 0 aliphatic carbocycles. The standard InChI is InChI=1S/C3H4N4O2/c4-7-2(8)5-1-6-3(7)9/h1H,4H2,(H,5,6,8,9). The van der Waals surface area contributed by atoms with Crippen molar-refractivity contribution in [2.75, 3.05) is 5.84 Å². The van der Waals surface area contributed by atoms with E-state index in [0.717, 1.165) is 6.33 Å². The predicted molar refractivity (Wildman–Crippen MR) is 29.3 cm³/mol. The summed E-state index contributed by atoms with van der Waals surface area (Å²) in [6.45, 7) is 0. The second-order valence-electron chi connectivity index (χ2n) is 1.36. The zero-order valence-electron chi connectivity index (χ0n) is 4.37. The van der Waals surface area contributed by atoms with Crippen LogP contribution in [-0.2, 0) is 0 Å². The van der Waals surface area contributed by atoms with Crippen LogP contribution in [0.1, 0.15) is 0 Å². The maximum atomic E-state index is 10.4. The molecule has 0 radical (unpaired) electrons. The van der Waals surface area contributed by atoms with Crippen LogP contribution in [0, 0.1) is 0 Å². The van der Waals surface area contributed by atoms with Gasteiger partial charge in [0.15, 0.2) is 0 Å². The van der Waals surface area contributed by atoms with E-state index in [-0.39, 0.29) is 0 Å². The minimum absolute atomic E-state index is 0.389. The molecule has 6 nitrogen and oxygen atoms in total. The fraction of sp³-hybridized carbons (Fsp3) is 0. The second kappa shape index (κ2) is 1.73. The molecule has 0 fully saturated rings. The van der Waals surface area contributed by atoms with Gasteiger partial charge in [0.25, 0.3) is 0 Å². The van der Waals surface area contributed by atoms with E-state index in [9.17, 15) is 9.59 Å². The molecule has 0 saturated heterocycles. The second-order valence-corrected chi connectivity index (χ2v) is 1.36. The van der Waals surface area contributed by atoms with Gasteiger partial charge in [0, 0.05) is 0 Å². The highest BCUT2D eigenvalue weighted by molar-refractivity contribution is 4.65. The van der Waals surface area contributed by atoms with Gasteiger partial charge < -0.3 is 5.84 Å². The summed E-state index contributed by atoms with van der Waals surface area (Å²) in [5.74, 6) is 4.88. The Morgan fingerprint density at radius 2 is 2.33 bits per heavy atom. The van der Waals surface area contributed by atoms with Crippen LogP contribution in [0.15, 0.2) is 15.9 Å². The molecule has 0 unspecified atom stereocenters. The van der Waals surface area contributed by atoms with E-state index in [0.29, 0.717) is 4.68 Å². The summed E-state index contributed by atoms with van der Waals surface area (Å²) in [6, 6.07) is 0. The molecule has 0 bridgehead atoms. The molecular weight excluding hydrogens is 124 g/mol. The van der Waals surface area contributed by atoms with Crippen LogP contribution in [0.25, 0.3) is 0 Å². The number of nitrogens with one attached hydrogen (secondary N) is 1. The van der Waals surface area contributed by atoms with Crippen LogP contribution in [0.4, 0.5) is 0 Å². The van der Waals surface area contributed by atoms with Gasteiger partial charge in [-0.15, -0.1) is 0 Å². The molecule has 0 saturated carbocycles. The molecule has 6 heteroatoms. The van der Waals surface area contributed by atoms with Crippen LogP contribution in [0.3, 0.4) is 0 Å². The highest BCUT2D eigenvalue weighted by atomic mass is 16.2. The van der Waals surface area contributed by atoms with Gasteiger partial charge in [0.2, 0.25) is 0 Å². The van der Waals surface area contributed by atoms with E-state index < -0.39 is 11.4 Å². The maximum absolute atomic E-state index is 10.4. The monoisotopic (exact) mass is 128 g/mol. The number of hydrogen-bond donors (Lipinski definition) is 2. The molecule has 0 spiro atoms. The molecule has 0 aliphatic rings. The average molecular weight is 128 g/mol. The minimum atomic E-state index is -0.765. The predicted octanol–water partition coefficient (Wildman–Crippen LogP) is -2.35. The van der Waals surface area contributed by atoms with Gasteiger partial charge in [0.1, 0.15) is 6.33 Å². The van der Waals surface area contributed by atoms with E-state index in [1.165, 1.54) is 0 Å². The SMILES string of the molecule is Nn1c(=O)nc[nH]c1=O. The zero-order valence-corrected chi connectivity index (χ0v) is 4.37. The summed E-state index contributed by atoms with van der Waals surface area (Å²) in [5.41, 5.74) is -1.44. The number of nitrogen functional groups attached to an aromatic ring is 1. The van der Waals surface area contributed by atoms with Gasteiger partial charge in [0.05, 0.1) is 0 Å². The number of nitrogens with zero attached hydrogens (tertiary/aromatic N) is 2. The van der Waals surface area contributed by atoms with Crippen molar-refractivity contribution >= 4 is 0 Å². The summed E-state index contributed by atoms with van der Waals surface area (Å²) in [5, 5.41) is 0. The maximum Gasteiger partial charge on any atom is 0.371 e. The zero-order chi connectivity index (χ0) is 6.85. The molecule has 0 atom stereocenters. The van der Waals surface area contributed by atoms with Crippen molar-refractivity contribution in [1.29, 1.82) is 0 Å². The Bertz CT molecular complexity index is 282. The van der Waals surface area contributed by atoms with Crippen molar-refractivity contribution in [2.45, 2.75) is 0 Å². The van der Waals surface area contributed by atoms with Crippen molar-refractivity contribution in [2.24, 2.45) is 0 Å². The van der Waals surface area contributed by atoms with Gasteiger partial charge in [-0.1, -0.05) is 0 Å². The Hall–Kier alpha value is -1.59. The first-order valence-corrected chi connectivity index (χ1v) is 2.13. The van der Waals surface area contributed by atoms with Gasteiger partial charge in [-0.2, -0.15) is 9.66 Å². The third-order valence-electron chi connectivity index (χ3n) is 0.788. The number of H-pyrrole nitrogens is 1. The van der Waals surface area contributed by atoms with E-state index in [1.807, 2.05) is 0 Å². The minimum Gasteiger partial charge on any atom is -0.331 e. The summed E-state index contributed by atoms with van der Waals surface area (Å²) in [4.78, 5) is 26.0. The third kappa shape index (κ3) is 0.809. The lowest BCUT2D eigenvalue weighted by molar-refractivity contribution is 0.775. The topological polar surface area (TPSA) is 93.8 Å². The normalized spacial score (nSPS) is 9.33. The number of rotatable bonds is 0. The van der Waals surface area contributed by atoms with Crippen molar-refractivity contribution in [3.63, 3.8) is 0 Å². The van der Waals surface area contributed by atoms with Crippen molar-refractivity contribution in [1.82, 2.24) is 14.6 Å². The highest BCUT2D eigenvalue weighted by Crippen LogP contribution is 1.45. The molecule has 9 heavy (non-hydrogen) atoms. The lowest BCUT2D eigenvalue weighted by Crippen LogP contribution is -2.41. The number of aromatic nitrogens is 3. The molecule has 0 amide bonds. The lowest BCUT2D eigenvalue weighted by Gasteiger charge is -1.88. The Morgan fingerprint density at radius 3 is 2.78 bits per heavy atom. The fourth-order valence-electron chi connectivity index (χ4n) is 0.361. The van der Waals surface area contributed by atoms with Gasteiger partial charge in [-0.3, -0.25) is 4.98 Å². The first-order chi connectivity index (χ1) is 4.22. The Morgan fingerprint density at radius 1 is 1.67 bits per heavy atom. The Balaban J connectivity index is 3.62. The summed E-state index contributed by atoms with van der Waals surface area (Å²) in [6.07, 6.45) is 0.994. The summed E-state index contributed by atoms with van der Waals surface area (Å²) >= 11 is 0. The van der Waals surface area contributed by atoms with E-state index in [2.05, 4.69) is 9.97 Å². The van der Waals surface area contributed by atoms with Crippen LogP contribution in [0.5, 0.6) is 0 Å². The average Bonchev–Trinajstić information content (AvgIpc) is 1.83. The van der Waals surface area contributed by atoms with Crippen molar-refractivity contribution in [3.05, 3.63) is 27.3 Å². The van der Waals surface area contributed by atoms with Crippen LogP contribution in [-0.4, -0.2) is 14.6 Å². The van der Waals surface area contributed by atoms with Gasteiger partial charge in [-0.05, 0) is 0 Å². The van der Waals surface area contributed by atoms with E-state index in [4.69, 9.17) is 5.84 Å². The lowest BCUT2D eigenvalue weighted by atomic mass is 11.0. The summed E-state index contributed by atoms with van der Waals surface area (Å²) < 4.78 is 0.389. The third-order valence-corrected chi connectivity index (χ3v) is 0.788. The molecule has 1 aromatic rings. The number of aromatic amines is 1. The Labute approximate surface area is 48.9 Å². The van der Waals surface area contributed by atoms with Crippen molar-refractivity contribution in [3.8, 4) is 0 Å². The molecule has 3 N–H and O–H groups in total. The van der Waals surface area contributed by atoms with Gasteiger partial charge in [-0.25, -0.2) is 9.59 Å². The molecule has 48 valence electrons. The van der Waals surface area contributed by atoms with Gasteiger partial charge >= 0.3 is 11.4 Å². The molecule has 1 rings (SSSR count). The largest absolute Gasteiger partial charge is 0.371 e.